The summed E-state index contributed by atoms with van der Waals surface area (Å²) >= 11 is 0. The molecular formula is C22H30O4S. The lowest BCUT2D eigenvalue weighted by atomic mass is 9.45. The Hall–Kier alpha value is -0.970. The molecule has 5 heteroatoms. The lowest BCUT2D eigenvalue weighted by Crippen LogP contribution is -2.54. The Morgan fingerprint density at radius 2 is 1.89 bits per heavy atom. The van der Waals surface area contributed by atoms with Gasteiger partial charge in [-0.3, -0.25) is 9.59 Å². The first kappa shape index (κ1) is 18.1. The van der Waals surface area contributed by atoms with Crippen LogP contribution in [0.15, 0.2) is 11.6 Å². The van der Waals surface area contributed by atoms with Gasteiger partial charge in [0.15, 0.2) is 15.6 Å². The Morgan fingerprint density at radius 1 is 1.15 bits per heavy atom. The van der Waals surface area contributed by atoms with Gasteiger partial charge < -0.3 is 0 Å². The molecule has 0 spiro atoms. The van der Waals surface area contributed by atoms with Gasteiger partial charge >= 0.3 is 0 Å². The predicted molar refractivity (Wildman–Crippen MR) is 103 cm³/mol. The zero-order valence-corrected chi connectivity index (χ0v) is 17.3. The van der Waals surface area contributed by atoms with E-state index in [2.05, 4.69) is 6.92 Å². The minimum absolute atomic E-state index is 0.0295. The summed E-state index contributed by atoms with van der Waals surface area (Å²) in [7, 11) is -3.24. The van der Waals surface area contributed by atoms with Gasteiger partial charge in [0, 0.05) is 17.8 Å². The SMILES string of the molecule is CC(=O)C1CCC2C3C[C@@H]4C5=CC(=O)CC[C@@]5(C3CC[C@]12C)[C@@H](C)S4(=O)=O. The number of sulfone groups is 1. The largest absolute Gasteiger partial charge is 0.300 e. The van der Waals surface area contributed by atoms with Crippen molar-refractivity contribution in [2.75, 3.05) is 0 Å². The predicted octanol–water partition coefficient (Wildman–Crippen LogP) is 3.50. The van der Waals surface area contributed by atoms with Crippen molar-refractivity contribution in [1.29, 1.82) is 0 Å². The molecule has 0 aromatic rings. The van der Waals surface area contributed by atoms with Crippen LogP contribution in [-0.2, 0) is 19.4 Å². The molecule has 0 aromatic heterocycles. The molecule has 0 aromatic carbocycles. The fourth-order valence-electron chi connectivity index (χ4n) is 8.53. The first-order valence-electron chi connectivity index (χ1n) is 10.6. The van der Waals surface area contributed by atoms with Gasteiger partial charge in [-0.2, -0.15) is 0 Å². The molecule has 2 bridgehead atoms. The van der Waals surface area contributed by atoms with E-state index in [1.165, 1.54) is 0 Å². The van der Waals surface area contributed by atoms with Crippen LogP contribution in [-0.4, -0.2) is 30.5 Å². The number of hydrogen-bond acceptors (Lipinski definition) is 4. The molecule has 4 unspecified atom stereocenters. The highest BCUT2D eigenvalue weighted by molar-refractivity contribution is 7.93. The molecule has 1 aliphatic heterocycles. The summed E-state index contributed by atoms with van der Waals surface area (Å²) in [5.74, 6) is 1.72. The molecule has 0 radical (unpaired) electrons. The second kappa shape index (κ2) is 5.34. The highest BCUT2D eigenvalue weighted by Crippen LogP contribution is 2.71. The van der Waals surface area contributed by atoms with Gasteiger partial charge in [0.25, 0.3) is 0 Å². The summed E-state index contributed by atoms with van der Waals surface area (Å²) in [6.45, 7) is 5.93. The third kappa shape index (κ3) is 1.97. The number of carbonyl (C=O) groups is 2. The molecule has 1 saturated heterocycles. The van der Waals surface area contributed by atoms with Gasteiger partial charge in [-0.1, -0.05) is 6.92 Å². The van der Waals surface area contributed by atoms with Crippen LogP contribution >= 0.6 is 0 Å². The molecule has 3 saturated carbocycles. The van der Waals surface area contributed by atoms with E-state index in [0.29, 0.717) is 42.8 Å². The lowest BCUT2D eigenvalue weighted by molar-refractivity contribution is -0.128. The first-order valence-corrected chi connectivity index (χ1v) is 12.2. The maximum Gasteiger partial charge on any atom is 0.160 e. The Bertz CT molecular complexity index is 871. The lowest BCUT2D eigenvalue weighted by Gasteiger charge is -2.57. The van der Waals surface area contributed by atoms with E-state index in [9.17, 15) is 18.0 Å². The van der Waals surface area contributed by atoms with Gasteiger partial charge in [0.2, 0.25) is 0 Å². The van der Waals surface area contributed by atoms with Crippen molar-refractivity contribution < 1.29 is 18.0 Å². The molecule has 148 valence electrons. The average Bonchev–Trinajstić information content (AvgIpc) is 3.01. The van der Waals surface area contributed by atoms with Crippen LogP contribution in [0.3, 0.4) is 0 Å². The van der Waals surface area contributed by atoms with Crippen molar-refractivity contribution >= 4 is 21.4 Å². The Morgan fingerprint density at radius 3 is 2.59 bits per heavy atom. The molecule has 8 atom stereocenters. The summed E-state index contributed by atoms with van der Waals surface area (Å²) in [6.07, 6.45) is 7.60. The van der Waals surface area contributed by atoms with E-state index in [1.807, 2.05) is 6.92 Å². The van der Waals surface area contributed by atoms with Crippen LogP contribution in [0.4, 0.5) is 0 Å². The molecule has 0 amide bonds. The van der Waals surface area contributed by atoms with E-state index >= 15 is 0 Å². The van der Waals surface area contributed by atoms with Crippen LogP contribution in [0.5, 0.6) is 0 Å². The second-order valence-electron chi connectivity index (χ2n) is 10.2. The van der Waals surface area contributed by atoms with Gasteiger partial charge in [-0.15, -0.1) is 0 Å². The number of ketones is 2. The van der Waals surface area contributed by atoms with Crippen LogP contribution in [0.2, 0.25) is 0 Å². The Kier molecular flexibility index (Phi) is 3.58. The van der Waals surface area contributed by atoms with Crippen molar-refractivity contribution in [2.24, 2.45) is 34.5 Å². The van der Waals surface area contributed by atoms with Gasteiger partial charge in [0.05, 0.1) is 10.5 Å². The quantitative estimate of drug-likeness (QED) is 0.687. The average molecular weight is 391 g/mol. The number of carbonyl (C=O) groups excluding carboxylic acids is 2. The first-order chi connectivity index (χ1) is 12.6. The maximum atomic E-state index is 13.3. The van der Waals surface area contributed by atoms with E-state index < -0.39 is 15.1 Å². The zero-order valence-electron chi connectivity index (χ0n) is 16.5. The monoisotopic (exact) mass is 390 g/mol. The molecule has 1 heterocycles. The van der Waals surface area contributed by atoms with Gasteiger partial charge in [0.1, 0.15) is 5.78 Å². The van der Waals surface area contributed by atoms with Crippen molar-refractivity contribution in [3.05, 3.63) is 11.6 Å². The summed E-state index contributed by atoms with van der Waals surface area (Å²) in [5.41, 5.74) is 0.662. The van der Waals surface area contributed by atoms with E-state index in [4.69, 9.17) is 0 Å². The summed E-state index contributed by atoms with van der Waals surface area (Å²) < 4.78 is 26.6. The fraction of sp³-hybridized carbons (Fsp3) is 0.818. The Labute approximate surface area is 162 Å². The van der Waals surface area contributed by atoms with Crippen molar-refractivity contribution in [3.8, 4) is 0 Å². The number of rotatable bonds is 1. The second-order valence-corrected chi connectivity index (χ2v) is 12.7. The molecule has 4 nitrogen and oxygen atoms in total. The summed E-state index contributed by atoms with van der Waals surface area (Å²) in [5, 5.41) is -0.838. The number of hydrogen-bond donors (Lipinski definition) is 0. The van der Waals surface area contributed by atoms with Crippen molar-refractivity contribution in [2.45, 2.75) is 76.2 Å². The summed E-state index contributed by atoms with van der Waals surface area (Å²) in [6, 6.07) is 0. The van der Waals surface area contributed by atoms with Crippen molar-refractivity contribution in [1.82, 2.24) is 0 Å². The third-order valence-electron chi connectivity index (χ3n) is 9.68. The maximum absolute atomic E-state index is 13.3. The zero-order chi connectivity index (χ0) is 19.4. The van der Waals surface area contributed by atoms with E-state index in [-0.39, 0.29) is 27.8 Å². The number of Topliss-reactive ketones (excluding diaryl/α,β-unsaturated/α-hetero) is 1. The van der Waals surface area contributed by atoms with Crippen LogP contribution in [0.25, 0.3) is 0 Å². The molecule has 4 aliphatic carbocycles. The van der Waals surface area contributed by atoms with Gasteiger partial charge in [-0.05, 0) is 87.2 Å². The normalized spacial score (nSPS) is 52.6. The van der Waals surface area contributed by atoms with Gasteiger partial charge in [-0.25, -0.2) is 8.42 Å². The highest BCUT2D eigenvalue weighted by atomic mass is 32.2. The standard InChI is InChI=1S/C22H30O4S/c1-12(23)16-4-5-17-15-11-20-19-10-14(24)6-9-22(19,13(2)27(20,25)26)18(15)7-8-21(16,17)3/h10,13,15-18,20H,4-9,11H2,1-3H3/t13-,15?,16?,17?,18?,20-,21-,22+/m1/s1. The molecule has 0 N–H and O–H groups in total. The third-order valence-corrected chi connectivity index (χ3v) is 12.3. The molecule has 4 fully saturated rings. The van der Waals surface area contributed by atoms with E-state index in [1.54, 1.807) is 13.0 Å². The molecule has 27 heavy (non-hydrogen) atoms. The highest BCUT2D eigenvalue weighted by Gasteiger charge is 2.70. The van der Waals surface area contributed by atoms with E-state index in [0.717, 1.165) is 31.3 Å². The van der Waals surface area contributed by atoms with Crippen LogP contribution < -0.4 is 0 Å². The molecular weight excluding hydrogens is 360 g/mol. The molecule has 5 aliphatic rings. The minimum atomic E-state index is -3.24. The number of fused-ring (bicyclic) bond motifs is 3. The van der Waals surface area contributed by atoms with Crippen molar-refractivity contribution in [3.63, 3.8) is 0 Å². The fourth-order valence-corrected chi connectivity index (χ4v) is 11.2. The molecule has 5 rings (SSSR count). The van der Waals surface area contributed by atoms with Crippen LogP contribution in [0, 0.1) is 34.5 Å². The summed E-state index contributed by atoms with van der Waals surface area (Å²) in [4.78, 5) is 24.4. The smallest absolute Gasteiger partial charge is 0.160 e. The minimum Gasteiger partial charge on any atom is -0.300 e. The Balaban J connectivity index is 1.64. The van der Waals surface area contributed by atoms with Crippen LogP contribution in [0.1, 0.15) is 65.7 Å². The topological polar surface area (TPSA) is 68.3 Å².